The number of benzene rings is 1. The lowest BCUT2D eigenvalue weighted by Gasteiger charge is -2.32. The summed E-state index contributed by atoms with van der Waals surface area (Å²) in [4.78, 5) is 2.40. The number of piperidine rings is 1. The molecule has 0 aliphatic carbocycles. The van der Waals surface area contributed by atoms with E-state index in [0.717, 1.165) is 6.42 Å². The van der Waals surface area contributed by atoms with Gasteiger partial charge in [-0.25, -0.2) is 4.39 Å². The molecule has 0 N–H and O–H groups in total. The van der Waals surface area contributed by atoms with Crippen molar-refractivity contribution in [3.63, 3.8) is 0 Å². The largest absolute Gasteiger partial charge is 0.493 e. The zero-order valence-electron chi connectivity index (χ0n) is 10.4. The van der Waals surface area contributed by atoms with E-state index >= 15 is 0 Å². The molecule has 17 heavy (non-hydrogen) atoms. The van der Waals surface area contributed by atoms with E-state index in [9.17, 15) is 4.39 Å². The number of rotatable bonds is 4. The van der Waals surface area contributed by atoms with Crippen molar-refractivity contribution in [2.45, 2.75) is 31.7 Å². The van der Waals surface area contributed by atoms with Crippen LogP contribution in [0.4, 0.5) is 4.39 Å². The van der Waals surface area contributed by atoms with Gasteiger partial charge in [-0.15, -0.1) is 0 Å². The molecule has 1 heterocycles. The maximum absolute atomic E-state index is 12.9. The molecular weight excluding hydrogens is 217 g/mol. The monoisotopic (exact) mass is 237 g/mol. The van der Waals surface area contributed by atoms with Gasteiger partial charge in [0.2, 0.25) is 0 Å². The molecule has 1 unspecified atom stereocenters. The molecule has 1 atom stereocenters. The van der Waals surface area contributed by atoms with Crippen LogP contribution in [-0.2, 0) is 0 Å². The predicted octanol–water partition coefficient (Wildman–Crippen LogP) is 3.08. The molecule has 0 aromatic heterocycles. The molecule has 0 bridgehead atoms. The molecule has 94 valence electrons. The topological polar surface area (TPSA) is 12.5 Å². The molecule has 2 nitrogen and oxygen atoms in total. The number of likely N-dealkylation sites (tertiary alicyclic amines) is 1. The van der Waals surface area contributed by atoms with Crippen LogP contribution in [0.3, 0.4) is 0 Å². The second kappa shape index (κ2) is 6.01. The molecule has 1 aromatic carbocycles. The smallest absolute Gasteiger partial charge is 0.126 e. The highest BCUT2D eigenvalue weighted by Gasteiger charge is 2.18. The average molecular weight is 237 g/mol. The molecule has 0 radical (unpaired) electrons. The Bertz CT molecular complexity index is 356. The number of hydrogen-bond donors (Lipinski definition) is 0. The van der Waals surface area contributed by atoms with Gasteiger partial charge in [-0.3, -0.25) is 0 Å². The van der Waals surface area contributed by atoms with E-state index < -0.39 is 0 Å². The average Bonchev–Trinajstić information content (AvgIpc) is 2.32. The summed E-state index contributed by atoms with van der Waals surface area (Å²) in [6, 6.07) is 6.97. The fourth-order valence-corrected chi connectivity index (χ4v) is 2.38. The zero-order valence-corrected chi connectivity index (χ0v) is 10.4. The van der Waals surface area contributed by atoms with E-state index in [-0.39, 0.29) is 5.82 Å². The van der Waals surface area contributed by atoms with E-state index in [1.165, 1.54) is 37.9 Å². The molecule has 0 spiro atoms. The Balaban J connectivity index is 1.75. The zero-order chi connectivity index (χ0) is 12.1. The van der Waals surface area contributed by atoms with Gasteiger partial charge in [-0.2, -0.15) is 0 Å². The number of hydrogen-bond acceptors (Lipinski definition) is 2. The van der Waals surface area contributed by atoms with Crippen LogP contribution < -0.4 is 4.74 Å². The SMILES string of the molecule is CN1CCCCC1CCOc1cccc(F)c1. The Morgan fingerprint density at radius 2 is 2.29 bits per heavy atom. The highest BCUT2D eigenvalue weighted by atomic mass is 19.1. The summed E-state index contributed by atoms with van der Waals surface area (Å²) in [5.41, 5.74) is 0. The minimum Gasteiger partial charge on any atom is -0.493 e. The van der Waals surface area contributed by atoms with Crippen molar-refractivity contribution >= 4 is 0 Å². The van der Waals surface area contributed by atoms with E-state index in [2.05, 4.69) is 11.9 Å². The molecule has 1 fully saturated rings. The molecule has 0 amide bonds. The van der Waals surface area contributed by atoms with Crippen LogP contribution >= 0.6 is 0 Å². The first-order chi connectivity index (χ1) is 8.25. The number of halogens is 1. The van der Waals surface area contributed by atoms with Crippen LogP contribution in [0.1, 0.15) is 25.7 Å². The van der Waals surface area contributed by atoms with Gasteiger partial charge >= 0.3 is 0 Å². The summed E-state index contributed by atoms with van der Waals surface area (Å²) in [5.74, 6) is 0.390. The van der Waals surface area contributed by atoms with Crippen molar-refractivity contribution < 1.29 is 9.13 Å². The normalized spacial score (nSPS) is 21.4. The quantitative estimate of drug-likeness (QED) is 0.798. The van der Waals surface area contributed by atoms with Gasteiger partial charge in [0.1, 0.15) is 11.6 Å². The van der Waals surface area contributed by atoms with Gasteiger partial charge in [-0.1, -0.05) is 12.5 Å². The Morgan fingerprint density at radius 1 is 1.41 bits per heavy atom. The third-order valence-corrected chi connectivity index (χ3v) is 3.44. The maximum Gasteiger partial charge on any atom is 0.126 e. The van der Waals surface area contributed by atoms with Crippen molar-refractivity contribution in [1.82, 2.24) is 4.90 Å². The minimum absolute atomic E-state index is 0.239. The van der Waals surface area contributed by atoms with Crippen molar-refractivity contribution in [2.24, 2.45) is 0 Å². The van der Waals surface area contributed by atoms with Crippen molar-refractivity contribution in [3.8, 4) is 5.75 Å². The third kappa shape index (κ3) is 3.70. The first-order valence-corrected chi connectivity index (χ1v) is 6.34. The van der Waals surface area contributed by atoms with Gasteiger partial charge in [0.05, 0.1) is 6.61 Å². The Morgan fingerprint density at radius 3 is 3.06 bits per heavy atom. The molecule has 3 heteroatoms. The maximum atomic E-state index is 12.9. The summed E-state index contributed by atoms with van der Waals surface area (Å²) in [6.45, 7) is 1.85. The molecule has 0 saturated carbocycles. The summed E-state index contributed by atoms with van der Waals surface area (Å²) < 4.78 is 18.5. The van der Waals surface area contributed by atoms with Gasteiger partial charge in [-0.05, 0) is 45.0 Å². The van der Waals surface area contributed by atoms with Crippen LogP contribution in [0.25, 0.3) is 0 Å². The second-order valence-electron chi connectivity index (χ2n) is 4.72. The predicted molar refractivity (Wildman–Crippen MR) is 66.8 cm³/mol. The molecular formula is C14H20FNO. The molecule has 1 aliphatic rings. The first-order valence-electron chi connectivity index (χ1n) is 6.34. The van der Waals surface area contributed by atoms with E-state index in [4.69, 9.17) is 4.74 Å². The Kier molecular flexibility index (Phi) is 4.37. The number of ether oxygens (including phenoxy) is 1. The summed E-state index contributed by atoms with van der Waals surface area (Å²) in [5, 5.41) is 0. The van der Waals surface area contributed by atoms with Gasteiger partial charge in [0.25, 0.3) is 0 Å². The van der Waals surface area contributed by atoms with Crippen molar-refractivity contribution in [2.75, 3.05) is 20.2 Å². The summed E-state index contributed by atoms with van der Waals surface area (Å²) in [7, 11) is 2.17. The lowest BCUT2D eigenvalue weighted by Crippen LogP contribution is -2.37. The van der Waals surface area contributed by atoms with Gasteiger partial charge < -0.3 is 9.64 Å². The van der Waals surface area contributed by atoms with Crippen LogP contribution in [0.5, 0.6) is 5.75 Å². The highest BCUT2D eigenvalue weighted by Crippen LogP contribution is 2.18. The van der Waals surface area contributed by atoms with E-state index in [0.29, 0.717) is 18.4 Å². The standard InChI is InChI=1S/C14H20FNO/c1-16-9-3-2-6-13(16)8-10-17-14-7-4-5-12(15)11-14/h4-5,7,11,13H,2-3,6,8-10H2,1H3. The second-order valence-corrected chi connectivity index (χ2v) is 4.72. The van der Waals surface area contributed by atoms with Crippen LogP contribution in [0, 0.1) is 5.82 Å². The Hall–Kier alpha value is -1.09. The molecule has 2 rings (SSSR count). The molecule has 1 aliphatic heterocycles. The Labute approximate surface area is 102 Å². The van der Waals surface area contributed by atoms with Crippen LogP contribution in [-0.4, -0.2) is 31.1 Å². The van der Waals surface area contributed by atoms with E-state index in [1.807, 2.05) is 0 Å². The van der Waals surface area contributed by atoms with Crippen LogP contribution in [0.15, 0.2) is 24.3 Å². The molecule has 1 aromatic rings. The minimum atomic E-state index is -0.239. The summed E-state index contributed by atoms with van der Waals surface area (Å²) in [6.07, 6.45) is 4.89. The summed E-state index contributed by atoms with van der Waals surface area (Å²) >= 11 is 0. The third-order valence-electron chi connectivity index (χ3n) is 3.44. The first kappa shape index (κ1) is 12.4. The lowest BCUT2D eigenvalue weighted by atomic mass is 10.0. The molecule has 1 saturated heterocycles. The van der Waals surface area contributed by atoms with Gasteiger partial charge in [0.15, 0.2) is 0 Å². The van der Waals surface area contributed by atoms with Crippen molar-refractivity contribution in [1.29, 1.82) is 0 Å². The lowest BCUT2D eigenvalue weighted by molar-refractivity contribution is 0.153. The number of nitrogens with zero attached hydrogens (tertiary/aromatic N) is 1. The van der Waals surface area contributed by atoms with Gasteiger partial charge in [0, 0.05) is 12.1 Å². The van der Waals surface area contributed by atoms with E-state index in [1.54, 1.807) is 12.1 Å². The fourth-order valence-electron chi connectivity index (χ4n) is 2.38. The van der Waals surface area contributed by atoms with Crippen LogP contribution in [0.2, 0.25) is 0 Å². The van der Waals surface area contributed by atoms with Crippen molar-refractivity contribution in [3.05, 3.63) is 30.1 Å². The fraction of sp³-hybridized carbons (Fsp3) is 0.571. The highest BCUT2D eigenvalue weighted by molar-refractivity contribution is 5.22.